The van der Waals surface area contributed by atoms with Crippen LogP contribution in [0.1, 0.15) is 17.3 Å². The molecule has 2 nitrogen and oxygen atoms in total. The molecule has 5 heteroatoms. The lowest BCUT2D eigenvalue weighted by atomic mass is 10.2. The van der Waals surface area contributed by atoms with E-state index in [9.17, 15) is 9.18 Å². The summed E-state index contributed by atoms with van der Waals surface area (Å²) in [6.45, 7) is 1.92. The van der Waals surface area contributed by atoms with E-state index in [0.717, 1.165) is 6.07 Å². The summed E-state index contributed by atoms with van der Waals surface area (Å²) in [4.78, 5) is 11.3. The van der Waals surface area contributed by atoms with Crippen LogP contribution >= 0.6 is 27.5 Å². The van der Waals surface area contributed by atoms with Gasteiger partial charge in [0.15, 0.2) is 0 Å². The van der Waals surface area contributed by atoms with E-state index in [2.05, 4.69) is 15.9 Å². The van der Waals surface area contributed by atoms with E-state index in [1.165, 1.54) is 6.07 Å². The quantitative estimate of drug-likeness (QED) is 0.613. The van der Waals surface area contributed by atoms with Crippen LogP contribution in [0.25, 0.3) is 0 Å². The number of carbonyl (C=O) groups is 1. The minimum Gasteiger partial charge on any atom is -0.462 e. The lowest BCUT2D eigenvalue weighted by Gasteiger charge is -2.04. The van der Waals surface area contributed by atoms with Crippen LogP contribution in [0.15, 0.2) is 16.6 Å². The van der Waals surface area contributed by atoms with Crippen LogP contribution in [0.3, 0.4) is 0 Å². The van der Waals surface area contributed by atoms with Crippen molar-refractivity contribution in [1.29, 1.82) is 0 Å². The van der Waals surface area contributed by atoms with E-state index in [0.29, 0.717) is 4.47 Å². The van der Waals surface area contributed by atoms with E-state index in [1.54, 1.807) is 6.92 Å². The number of ether oxygens (including phenoxy) is 1. The Bertz CT molecular complexity index is 368. The molecule has 0 saturated heterocycles. The SMILES string of the molecule is CCOC(=O)c1cc(F)c(Cl)cc1Br. The Balaban J connectivity index is 3.09. The van der Waals surface area contributed by atoms with Gasteiger partial charge in [-0.1, -0.05) is 11.6 Å². The minimum atomic E-state index is -0.641. The largest absolute Gasteiger partial charge is 0.462 e. The molecule has 0 saturated carbocycles. The van der Waals surface area contributed by atoms with Gasteiger partial charge in [-0.05, 0) is 35.0 Å². The Hall–Kier alpha value is -0.610. The third kappa shape index (κ3) is 2.45. The summed E-state index contributed by atoms with van der Waals surface area (Å²) >= 11 is 8.61. The zero-order chi connectivity index (χ0) is 10.7. The number of hydrogen-bond donors (Lipinski definition) is 0. The highest BCUT2D eigenvalue weighted by Gasteiger charge is 2.14. The molecule has 0 fully saturated rings. The van der Waals surface area contributed by atoms with Gasteiger partial charge in [-0.25, -0.2) is 9.18 Å². The monoisotopic (exact) mass is 280 g/mol. The van der Waals surface area contributed by atoms with Crippen LogP contribution in [0.2, 0.25) is 5.02 Å². The van der Waals surface area contributed by atoms with Gasteiger partial charge < -0.3 is 4.74 Å². The smallest absolute Gasteiger partial charge is 0.339 e. The third-order valence-electron chi connectivity index (χ3n) is 1.51. The van der Waals surface area contributed by atoms with Gasteiger partial charge in [-0.3, -0.25) is 0 Å². The molecular formula is C9H7BrClFO2. The summed E-state index contributed by atoms with van der Waals surface area (Å²) in [5, 5.41) is -0.0371. The predicted octanol–water partition coefficient (Wildman–Crippen LogP) is 3.42. The summed E-state index contributed by atoms with van der Waals surface area (Å²) in [5.74, 6) is -1.21. The van der Waals surface area contributed by atoms with Crippen LogP contribution in [-0.2, 0) is 4.74 Å². The van der Waals surface area contributed by atoms with Gasteiger partial charge in [0.05, 0.1) is 17.2 Å². The van der Waals surface area contributed by atoms with E-state index < -0.39 is 11.8 Å². The average molecular weight is 282 g/mol. The highest BCUT2D eigenvalue weighted by molar-refractivity contribution is 9.10. The Kier molecular flexibility index (Phi) is 3.89. The molecule has 0 amide bonds. The molecule has 0 aliphatic rings. The molecule has 0 heterocycles. The van der Waals surface area contributed by atoms with Gasteiger partial charge in [-0.15, -0.1) is 0 Å². The van der Waals surface area contributed by atoms with Crippen molar-refractivity contribution in [3.63, 3.8) is 0 Å². The molecule has 0 aliphatic heterocycles. The molecule has 1 aromatic carbocycles. The van der Waals surface area contributed by atoms with Crippen molar-refractivity contribution in [1.82, 2.24) is 0 Å². The summed E-state index contributed by atoms with van der Waals surface area (Å²) in [6, 6.07) is 2.37. The van der Waals surface area contributed by atoms with Gasteiger partial charge in [0.25, 0.3) is 0 Å². The molecule has 0 atom stereocenters. The lowest BCUT2D eigenvalue weighted by Crippen LogP contribution is -2.06. The number of carbonyl (C=O) groups excluding carboxylic acids is 1. The molecule has 0 bridgehead atoms. The van der Waals surface area contributed by atoms with Crippen molar-refractivity contribution in [2.45, 2.75) is 6.92 Å². The Labute approximate surface area is 94.1 Å². The minimum absolute atomic E-state index is 0.0371. The Morgan fingerprint density at radius 1 is 1.64 bits per heavy atom. The first kappa shape index (κ1) is 11.5. The number of benzene rings is 1. The lowest BCUT2D eigenvalue weighted by molar-refractivity contribution is 0.0524. The highest BCUT2D eigenvalue weighted by atomic mass is 79.9. The number of rotatable bonds is 2. The zero-order valence-electron chi connectivity index (χ0n) is 7.31. The fourth-order valence-electron chi connectivity index (χ4n) is 0.888. The molecule has 0 unspecified atom stereocenters. The van der Waals surface area contributed by atoms with Gasteiger partial charge in [0.1, 0.15) is 5.82 Å². The van der Waals surface area contributed by atoms with Crippen molar-refractivity contribution >= 4 is 33.5 Å². The second-order valence-corrected chi connectivity index (χ2v) is 3.73. The number of halogens is 3. The molecule has 0 radical (unpaired) electrons. The van der Waals surface area contributed by atoms with Crippen molar-refractivity contribution in [3.05, 3.63) is 33.0 Å². The predicted molar refractivity (Wildman–Crippen MR) is 55.1 cm³/mol. The van der Waals surface area contributed by atoms with Crippen molar-refractivity contribution in [2.24, 2.45) is 0 Å². The van der Waals surface area contributed by atoms with Crippen molar-refractivity contribution in [2.75, 3.05) is 6.61 Å². The molecule has 0 spiro atoms. The maximum Gasteiger partial charge on any atom is 0.339 e. The molecule has 0 aromatic heterocycles. The highest BCUT2D eigenvalue weighted by Crippen LogP contribution is 2.25. The fourth-order valence-corrected chi connectivity index (χ4v) is 1.69. The summed E-state index contributed by atoms with van der Waals surface area (Å²) in [6.07, 6.45) is 0. The van der Waals surface area contributed by atoms with Gasteiger partial charge in [-0.2, -0.15) is 0 Å². The van der Waals surface area contributed by atoms with Gasteiger partial charge >= 0.3 is 5.97 Å². The Morgan fingerprint density at radius 2 is 2.29 bits per heavy atom. The van der Waals surface area contributed by atoms with Gasteiger partial charge in [0, 0.05) is 4.47 Å². The first-order valence-corrected chi connectivity index (χ1v) is 5.05. The molecule has 76 valence electrons. The van der Waals surface area contributed by atoms with E-state index in [4.69, 9.17) is 16.3 Å². The van der Waals surface area contributed by atoms with E-state index >= 15 is 0 Å². The molecule has 14 heavy (non-hydrogen) atoms. The summed E-state index contributed by atoms with van der Waals surface area (Å²) in [7, 11) is 0. The average Bonchev–Trinajstić information content (AvgIpc) is 2.11. The molecular weight excluding hydrogens is 274 g/mol. The van der Waals surface area contributed by atoms with Crippen LogP contribution in [0.5, 0.6) is 0 Å². The van der Waals surface area contributed by atoms with Crippen LogP contribution < -0.4 is 0 Å². The number of esters is 1. The van der Waals surface area contributed by atoms with Crippen molar-refractivity contribution < 1.29 is 13.9 Å². The topological polar surface area (TPSA) is 26.3 Å². The molecule has 1 rings (SSSR count). The zero-order valence-corrected chi connectivity index (χ0v) is 9.65. The van der Waals surface area contributed by atoms with Gasteiger partial charge in [0.2, 0.25) is 0 Å². The maximum absolute atomic E-state index is 13.0. The normalized spacial score (nSPS) is 10.0. The second-order valence-electron chi connectivity index (χ2n) is 2.47. The fraction of sp³-hybridized carbons (Fsp3) is 0.222. The van der Waals surface area contributed by atoms with Crippen LogP contribution in [0, 0.1) is 5.82 Å². The summed E-state index contributed by atoms with van der Waals surface area (Å²) < 4.78 is 18.1. The number of hydrogen-bond acceptors (Lipinski definition) is 2. The Morgan fingerprint density at radius 3 is 2.86 bits per heavy atom. The van der Waals surface area contributed by atoms with Crippen LogP contribution in [0.4, 0.5) is 4.39 Å². The van der Waals surface area contributed by atoms with E-state index in [-0.39, 0.29) is 17.2 Å². The first-order chi connectivity index (χ1) is 6.56. The third-order valence-corrected chi connectivity index (χ3v) is 2.45. The van der Waals surface area contributed by atoms with E-state index in [1.807, 2.05) is 0 Å². The van der Waals surface area contributed by atoms with Crippen molar-refractivity contribution in [3.8, 4) is 0 Å². The molecule has 1 aromatic rings. The maximum atomic E-state index is 13.0. The second kappa shape index (κ2) is 4.75. The standard InChI is InChI=1S/C9H7BrClFO2/c1-2-14-9(13)5-3-8(12)7(11)4-6(5)10/h3-4H,2H2,1H3. The first-order valence-electron chi connectivity index (χ1n) is 3.88. The molecule has 0 aliphatic carbocycles. The summed E-state index contributed by atoms with van der Waals surface area (Å²) in [5.41, 5.74) is 0.133. The van der Waals surface area contributed by atoms with Crippen LogP contribution in [-0.4, -0.2) is 12.6 Å². The molecule has 0 N–H and O–H groups in total.